The number of nitrogens with one attached hydrogen (secondary N) is 3. The highest BCUT2D eigenvalue weighted by Crippen LogP contribution is 2.33. The highest BCUT2D eigenvalue weighted by molar-refractivity contribution is 5.74. The molecule has 0 spiro atoms. The van der Waals surface area contributed by atoms with Crippen molar-refractivity contribution in [3.63, 3.8) is 0 Å². The average Bonchev–Trinajstić information content (AvgIpc) is 2.97. The number of aliphatic hydroxyl groups excluding tert-OH is 6. The fourth-order valence-electron chi connectivity index (χ4n) is 5.68. The van der Waals surface area contributed by atoms with Gasteiger partial charge in [-0.3, -0.25) is 14.4 Å². The van der Waals surface area contributed by atoms with E-state index in [1.54, 1.807) is 6.92 Å². The van der Waals surface area contributed by atoms with Crippen molar-refractivity contribution in [1.29, 1.82) is 0 Å². The zero-order valence-electron chi connectivity index (χ0n) is 25.1. The first-order valence-electron chi connectivity index (χ1n) is 14.3. The summed E-state index contributed by atoms with van der Waals surface area (Å²) in [6.45, 7) is 3.26. The molecule has 3 aliphatic heterocycles. The molecule has 9 N–H and O–H groups in total. The van der Waals surface area contributed by atoms with Crippen LogP contribution >= 0.6 is 0 Å². The molecule has 0 aliphatic carbocycles. The molecule has 6 unspecified atom stereocenters. The maximum absolute atomic E-state index is 12.2. The summed E-state index contributed by atoms with van der Waals surface area (Å²) in [5.41, 5.74) is 0. The first-order chi connectivity index (χ1) is 20.8. The summed E-state index contributed by atoms with van der Waals surface area (Å²) in [5.74, 6) is -2.29. The van der Waals surface area contributed by atoms with Gasteiger partial charge in [-0.2, -0.15) is 0 Å². The van der Waals surface area contributed by atoms with E-state index >= 15 is 0 Å². The fraction of sp³-hybridized carbons (Fsp3) is 0.885. The molecule has 18 heteroatoms. The van der Waals surface area contributed by atoms with E-state index in [0.29, 0.717) is 0 Å². The topological polar surface area (TPSA) is 264 Å². The summed E-state index contributed by atoms with van der Waals surface area (Å²) >= 11 is 0. The minimum atomic E-state index is -1.69. The molecule has 3 amide bonds. The van der Waals surface area contributed by atoms with Crippen LogP contribution in [0.4, 0.5) is 0 Å². The van der Waals surface area contributed by atoms with Gasteiger partial charge in [-0.1, -0.05) is 6.92 Å². The van der Waals surface area contributed by atoms with Gasteiger partial charge in [-0.25, -0.2) is 0 Å². The number of carbonyl (C=O) groups excluding carboxylic acids is 3. The van der Waals surface area contributed by atoms with Crippen molar-refractivity contribution in [1.82, 2.24) is 16.0 Å². The number of carbonyl (C=O) groups is 3. The first-order valence-corrected chi connectivity index (χ1v) is 14.3. The maximum atomic E-state index is 12.2. The van der Waals surface area contributed by atoms with E-state index in [1.165, 1.54) is 21.0 Å². The van der Waals surface area contributed by atoms with Crippen molar-refractivity contribution in [3.05, 3.63) is 0 Å². The SMILES string of the molecule is CO[C@@H]1O[C@@H](CO)[C@@H](O[C@@H]2OC(CO)[C@@H](O[C@@H]3O[C@@H](CO)[C@@H](C)C(O)C3NC(C)=O)C(O)[C@@H]2NC(C)=O)C(O)C1NC(C)=O. The molecule has 3 aliphatic rings. The average molecular weight is 640 g/mol. The molecule has 18 nitrogen and oxygen atoms in total. The number of hydrogen-bond acceptors (Lipinski definition) is 15. The summed E-state index contributed by atoms with van der Waals surface area (Å²) in [4.78, 5) is 35.9. The van der Waals surface area contributed by atoms with Crippen molar-refractivity contribution in [3.8, 4) is 0 Å². The Morgan fingerprint density at radius 1 is 0.614 bits per heavy atom. The lowest BCUT2D eigenvalue weighted by Crippen LogP contribution is -2.70. The summed E-state index contributed by atoms with van der Waals surface area (Å²) in [6.07, 6.45) is -15.0. The predicted octanol–water partition coefficient (Wildman–Crippen LogP) is -5.21. The molecular formula is C26H45N3O15. The Morgan fingerprint density at radius 2 is 0.955 bits per heavy atom. The third kappa shape index (κ3) is 8.20. The van der Waals surface area contributed by atoms with Crippen LogP contribution in [0.1, 0.15) is 27.7 Å². The number of amides is 3. The monoisotopic (exact) mass is 639 g/mol. The van der Waals surface area contributed by atoms with E-state index in [0.717, 1.165) is 6.92 Å². The number of methoxy groups -OCH3 is 1. The first kappa shape index (κ1) is 36.4. The number of aliphatic hydroxyl groups is 6. The van der Waals surface area contributed by atoms with E-state index in [1.807, 2.05) is 0 Å². The summed E-state index contributed by atoms with van der Waals surface area (Å²) in [5, 5.41) is 71.0. The van der Waals surface area contributed by atoms with Gasteiger partial charge in [0, 0.05) is 33.8 Å². The standard InChI is InChI=1S/C26H45N3O15/c1-9-13(6-30)40-25(16(19(9)36)27-10(2)33)43-23-15(8-32)42-26(18(21(23)38)29-12(4)35)44-22-14(7-31)41-24(39-5)17(20(22)37)28-11(3)34/h9,13-26,30-32,36-38H,6-8H2,1-5H3,(H,27,33)(H,28,34)(H,29,35)/t9-,13+,14+,15?,16?,17?,18+,19?,20?,21?,22-,23-,24-,25+,26+/m1/s1. The van der Waals surface area contributed by atoms with Crippen LogP contribution in [0.3, 0.4) is 0 Å². The highest BCUT2D eigenvalue weighted by atomic mass is 16.7. The van der Waals surface area contributed by atoms with Gasteiger partial charge in [0.15, 0.2) is 18.9 Å². The quantitative estimate of drug-likeness (QED) is 0.102. The van der Waals surface area contributed by atoms with E-state index in [4.69, 9.17) is 28.4 Å². The molecule has 3 rings (SSSR count). The lowest BCUT2D eigenvalue weighted by Gasteiger charge is -2.50. The van der Waals surface area contributed by atoms with E-state index < -0.39 is 129 Å². The summed E-state index contributed by atoms with van der Waals surface area (Å²) in [6, 6.07) is -3.71. The summed E-state index contributed by atoms with van der Waals surface area (Å²) in [7, 11) is 1.27. The summed E-state index contributed by atoms with van der Waals surface area (Å²) < 4.78 is 34.6. The van der Waals surface area contributed by atoms with Gasteiger partial charge >= 0.3 is 0 Å². The Hall–Kier alpha value is -2.07. The normalized spacial score (nSPS) is 42.8. The molecule has 15 atom stereocenters. The van der Waals surface area contributed by atoms with Crippen molar-refractivity contribution < 1.29 is 73.4 Å². The Kier molecular flexibility index (Phi) is 13.2. The van der Waals surface area contributed by atoms with Gasteiger partial charge in [0.25, 0.3) is 0 Å². The molecule has 3 heterocycles. The molecule has 0 aromatic rings. The fourth-order valence-corrected chi connectivity index (χ4v) is 5.68. The molecule has 0 radical (unpaired) electrons. The zero-order valence-corrected chi connectivity index (χ0v) is 25.1. The Bertz CT molecular complexity index is 977. The second-order valence-corrected chi connectivity index (χ2v) is 11.1. The molecule has 0 aromatic heterocycles. The largest absolute Gasteiger partial charge is 0.394 e. The van der Waals surface area contributed by atoms with Crippen LogP contribution in [0.5, 0.6) is 0 Å². The molecule has 3 fully saturated rings. The van der Waals surface area contributed by atoms with E-state index in [9.17, 15) is 45.0 Å². The molecule has 0 bridgehead atoms. The lowest BCUT2D eigenvalue weighted by atomic mass is 9.89. The number of ether oxygens (including phenoxy) is 6. The van der Waals surface area contributed by atoms with Crippen molar-refractivity contribution in [2.45, 2.75) is 114 Å². The van der Waals surface area contributed by atoms with Gasteiger partial charge in [0.05, 0.1) is 32.0 Å². The van der Waals surface area contributed by atoms with Crippen LogP contribution in [-0.2, 0) is 42.8 Å². The molecule has 3 saturated heterocycles. The molecule has 254 valence electrons. The van der Waals surface area contributed by atoms with Gasteiger partial charge < -0.3 is 75.0 Å². The van der Waals surface area contributed by atoms with Gasteiger partial charge in [0.1, 0.15) is 54.7 Å². The minimum absolute atomic E-state index is 0.496. The Morgan fingerprint density at radius 3 is 1.32 bits per heavy atom. The van der Waals surface area contributed by atoms with Gasteiger partial charge in [-0.05, 0) is 0 Å². The number of rotatable bonds is 11. The predicted molar refractivity (Wildman–Crippen MR) is 144 cm³/mol. The van der Waals surface area contributed by atoms with Crippen LogP contribution < -0.4 is 16.0 Å². The second-order valence-electron chi connectivity index (χ2n) is 11.1. The highest BCUT2D eigenvalue weighted by Gasteiger charge is 2.54. The van der Waals surface area contributed by atoms with Crippen molar-refractivity contribution >= 4 is 17.7 Å². The van der Waals surface area contributed by atoms with Crippen molar-refractivity contribution in [2.24, 2.45) is 5.92 Å². The molecule has 44 heavy (non-hydrogen) atoms. The van der Waals surface area contributed by atoms with Gasteiger partial charge in [0.2, 0.25) is 17.7 Å². The minimum Gasteiger partial charge on any atom is -0.394 e. The lowest BCUT2D eigenvalue weighted by molar-refractivity contribution is -0.350. The zero-order chi connectivity index (χ0) is 32.9. The number of hydrogen-bond donors (Lipinski definition) is 9. The molecular weight excluding hydrogens is 594 g/mol. The van der Waals surface area contributed by atoms with Crippen LogP contribution in [0.25, 0.3) is 0 Å². The van der Waals surface area contributed by atoms with E-state index in [2.05, 4.69) is 16.0 Å². The maximum Gasteiger partial charge on any atom is 0.217 e. The van der Waals surface area contributed by atoms with Crippen LogP contribution in [0, 0.1) is 5.92 Å². The third-order valence-electron chi connectivity index (χ3n) is 7.91. The molecule has 0 saturated carbocycles. The van der Waals surface area contributed by atoms with Crippen LogP contribution in [0.15, 0.2) is 0 Å². The second kappa shape index (κ2) is 16.0. The van der Waals surface area contributed by atoms with E-state index in [-0.39, 0.29) is 0 Å². The Labute approximate surface area is 253 Å². The van der Waals surface area contributed by atoms with Gasteiger partial charge in [-0.15, -0.1) is 0 Å². The van der Waals surface area contributed by atoms with Crippen molar-refractivity contribution in [2.75, 3.05) is 26.9 Å². The Balaban J connectivity index is 1.90. The smallest absolute Gasteiger partial charge is 0.217 e. The molecule has 0 aromatic carbocycles. The third-order valence-corrected chi connectivity index (χ3v) is 7.91. The van der Waals surface area contributed by atoms with Crippen LogP contribution in [0.2, 0.25) is 0 Å². The van der Waals surface area contributed by atoms with Crippen LogP contribution in [-0.4, -0.2) is 161 Å².